The molecule has 134 valence electrons. The number of benzene rings is 1. The summed E-state index contributed by atoms with van der Waals surface area (Å²) < 4.78 is 5.27. The first-order chi connectivity index (χ1) is 11.6. The summed E-state index contributed by atoms with van der Waals surface area (Å²) in [6.45, 7) is 9.63. The molecule has 2 amide bonds. The van der Waals surface area contributed by atoms with Crippen LogP contribution in [0, 0.1) is 5.92 Å². The molecule has 1 aromatic carbocycles. The van der Waals surface area contributed by atoms with Crippen LogP contribution in [0.1, 0.15) is 25.8 Å². The van der Waals surface area contributed by atoms with Gasteiger partial charge in [-0.1, -0.05) is 26.0 Å². The van der Waals surface area contributed by atoms with E-state index in [1.54, 1.807) is 7.11 Å². The molecule has 1 heterocycles. The molecule has 1 fully saturated rings. The van der Waals surface area contributed by atoms with Gasteiger partial charge in [0.15, 0.2) is 0 Å². The Hall–Kier alpha value is -1.75. The van der Waals surface area contributed by atoms with Crippen LogP contribution in [0.4, 0.5) is 4.79 Å². The first kappa shape index (κ1) is 18.6. The third-order valence-corrected chi connectivity index (χ3v) is 4.39. The number of hydrogen-bond acceptors (Lipinski definition) is 3. The van der Waals surface area contributed by atoms with Gasteiger partial charge in [-0.15, -0.1) is 0 Å². The summed E-state index contributed by atoms with van der Waals surface area (Å²) >= 11 is 0. The molecule has 0 saturated carbocycles. The minimum atomic E-state index is 0.0831. The standard InChI is InChI=1S/C19H31N3O2/c1-16(2)15-20-19(23)22-12-10-21(11-13-22)9-5-7-17-6-4-8-18(14-17)24-3/h4,6,8,14,16H,5,7,9-13,15H2,1-3H3,(H,20,23). The van der Waals surface area contributed by atoms with E-state index in [0.717, 1.165) is 57.9 Å². The summed E-state index contributed by atoms with van der Waals surface area (Å²) in [6.07, 6.45) is 2.19. The number of rotatable bonds is 7. The van der Waals surface area contributed by atoms with Gasteiger partial charge in [-0.25, -0.2) is 4.79 Å². The van der Waals surface area contributed by atoms with Crippen LogP contribution in [0.15, 0.2) is 24.3 Å². The van der Waals surface area contributed by atoms with Crippen LogP contribution in [-0.2, 0) is 6.42 Å². The van der Waals surface area contributed by atoms with Crippen LogP contribution in [-0.4, -0.2) is 62.2 Å². The van der Waals surface area contributed by atoms with Crippen LogP contribution in [0.2, 0.25) is 0 Å². The fourth-order valence-electron chi connectivity index (χ4n) is 2.91. The van der Waals surface area contributed by atoms with Crippen molar-refractivity contribution in [2.24, 2.45) is 5.92 Å². The number of amides is 2. The van der Waals surface area contributed by atoms with Gasteiger partial charge in [-0.3, -0.25) is 4.90 Å². The summed E-state index contributed by atoms with van der Waals surface area (Å²) in [4.78, 5) is 16.4. The molecule has 1 N–H and O–H groups in total. The molecule has 24 heavy (non-hydrogen) atoms. The zero-order chi connectivity index (χ0) is 17.4. The predicted octanol–water partition coefficient (Wildman–Crippen LogP) is 2.61. The largest absolute Gasteiger partial charge is 0.497 e. The summed E-state index contributed by atoms with van der Waals surface area (Å²) in [7, 11) is 1.70. The fourth-order valence-corrected chi connectivity index (χ4v) is 2.91. The van der Waals surface area contributed by atoms with Gasteiger partial charge < -0.3 is 15.0 Å². The molecule has 0 radical (unpaired) electrons. The first-order valence-electron chi connectivity index (χ1n) is 8.96. The molecule has 0 aromatic heterocycles. The number of urea groups is 1. The third-order valence-electron chi connectivity index (χ3n) is 4.39. The molecule has 0 aliphatic carbocycles. The van der Waals surface area contributed by atoms with Gasteiger partial charge in [-0.2, -0.15) is 0 Å². The number of piperazine rings is 1. The summed E-state index contributed by atoms with van der Waals surface area (Å²) in [5.74, 6) is 1.42. The Labute approximate surface area is 146 Å². The van der Waals surface area contributed by atoms with Gasteiger partial charge in [-0.05, 0) is 43.0 Å². The fraction of sp³-hybridized carbons (Fsp3) is 0.632. The highest BCUT2D eigenvalue weighted by Gasteiger charge is 2.20. The summed E-state index contributed by atoms with van der Waals surface area (Å²) in [5.41, 5.74) is 1.32. The maximum Gasteiger partial charge on any atom is 0.317 e. The van der Waals surface area contributed by atoms with E-state index in [1.165, 1.54) is 5.56 Å². The van der Waals surface area contributed by atoms with Crippen molar-refractivity contribution in [1.82, 2.24) is 15.1 Å². The van der Waals surface area contributed by atoms with Gasteiger partial charge in [0.05, 0.1) is 7.11 Å². The lowest BCUT2D eigenvalue weighted by Gasteiger charge is -2.34. The SMILES string of the molecule is COc1cccc(CCCN2CCN(C(=O)NCC(C)C)CC2)c1. The van der Waals surface area contributed by atoms with E-state index < -0.39 is 0 Å². The average molecular weight is 333 g/mol. The highest BCUT2D eigenvalue weighted by atomic mass is 16.5. The number of aryl methyl sites for hydroxylation is 1. The van der Waals surface area contributed by atoms with E-state index in [-0.39, 0.29) is 6.03 Å². The van der Waals surface area contributed by atoms with Crippen molar-refractivity contribution in [3.8, 4) is 5.75 Å². The monoisotopic (exact) mass is 333 g/mol. The Morgan fingerprint density at radius 1 is 1.25 bits per heavy atom. The van der Waals surface area contributed by atoms with Gasteiger partial charge >= 0.3 is 6.03 Å². The topological polar surface area (TPSA) is 44.8 Å². The molecule has 1 aliphatic heterocycles. The summed E-state index contributed by atoms with van der Waals surface area (Å²) in [5, 5.41) is 3.00. The second kappa shape index (κ2) is 9.52. The van der Waals surface area contributed by atoms with E-state index in [4.69, 9.17) is 4.74 Å². The number of methoxy groups -OCH3 is 1. The Morgan fingerprint density at radius 3 is 2.67 bits per heavy atom. The molecule has 1 aromatic rings. The molecule has 0 spiro atoms. The zero-order valence-electron chi connectivity index (χ0n) is 15.3. The molecule has 0 bridgehead atoms. The molecule has 1 aliphatic rings. The predicted molar refractivity (Wildman–Crippen MR) is 97.6 cm³/mol. The third kappa shape index (κ3) is 6.04. The van der Waals surface area contributed by atoms with Gasteiger partial charge in [0.1, 0.15) is 5.75 Å². The Kier molecular flexibility index (Phi) is 7.37. The summed E-state index contributed by atoms with van der Waals surface area (Å²) in [6, 6.07) is 8.37. The van der Waals surface area contributed by atoms with E-state index >= 15 is 0 Å². The first-order valence-corrected chi connectivity index (χ1v) is 8.96. The lowest BCUT2D eigenvalue weighted by atomic mass is 10.1. The van der Waals surface area contributed by atoms with Crippen molar-refractivity contribution in [3.63, 3.8) is 0 Å². The van der Waals surface area contributed by atoms with E-state index in [1.807, 2.05) is 17.0 Å². The smallest absolute Gasteiger partial charge is 0.317 e. The van der Waals surface area contributed by atoms with Gasteiger partial charge in [0.2, 0.25) is 0 Å². The average Bonchev–Trinajstić information content (AvgIpc) is 2.60. The minimum absolute atomic E-state index is 0.0831. The Morgan fingerprint density at radius 2 is 2.00 bits per heavy atom. The molecule has 2 rings (SSSR count). The molecular formula is C19H31N3O2. The molecule has 5 heteroatoms. The minimum Gasteiger partial charge on any atom is -0.497 e. The highest BCUT2D eigenvalue weighted by Crippen LogP contribution is 2.14. The zero-order valence-corrected chi connectivity index (χ0v) is 15.3. The van der Waals surface area contributed by atoms with Crippen LogP contribution in [0.5, 0.6) is 5.75 Å². The van der Waals surface area contributed by atoms with E-state index in [0.29, 0.717) is 5.92 Å². The van der Waals surface area contributed by atoms with Crippen LogP contribution >= 0.6 is 0 Å². The van der Waals surface area contributed by atoms with Crippen molar-refractivity contribution >= 4 is 6.03 Å². The molecular weight excluding hydrogens is 302 g/mol. The maximum absolute atomic E-state index is 12.1. The van der Waals surface area contributed by atoms with Crippen molar-refractivity contribution in [2.45, 2.75) is 26.7 Å². The highest BCUT2D eigenvalue weighted by molar-refractivity contribution is 5.74. The number of carbonyl (C=O) groups is 1. The molecule has 0 atom stereocenters. The maximum atomic E-state index is 12.1. The number of nitrogens with one attached hydrogen (secondary N) is 1. The quantitative estimate of drug-likeness (QED) is 0.834. The molecule has 0 unspecified atom stereocenters. The molecule has 5 nitrogen and oxygen atoms in total. The van der Waals surface area contributed by atoms with Crippen LogP contribution in [0.25, 0.3) is 0 Å². The number of carbonyl (C=O) groups excluding carboxylic acids is 1. The number of nitrogens with zero attached hydrogens (tertiary/aromatic N) is 2. The lowest BCUT2D eigenvalue weighted by molar-refractivity contribution is 0.138. The van der Waals surface area contributed by atoms with Crippen LogP contribution in [0.3, 0.4) is 0 Å². The van der Waals surface area contributed by atoms with Crippen molar-refractivity contribution in [3.05, 3.63) is 29.8 Å². The second-order valence-electron chi connectivity index (χ2n) is 6.86. The van der Waals surface area contributed by atoms with E-state index in [2.05, 4.69) is 36.2 Å². The van der Waals surface area contributed by atoms with E-state index in [9.17, 15) is 4.79 Å². The Balaban J connectivity index is 1.65. The number of hydrogen-bond donors (Lipinski definition) is 1. The number of ether oxygens (including phenoxy) is 1. The van der Waals surface area contributed by atoms with Gasteiger partial charge in [0.25, 0.3) is 0 Å². The van der Waals surface area contributed by atoms with Gasteiger partial charge in [0, 0.05) is 32.7 Å². The van der Waals surface area contributed by atoms with Crippen molar-refractivity contribution in [1.29, 1.82) is 0 Å². The second-order valence-corrected chi connectivity index (χ2v) is 6.86. The lowest BCUT2D eigenvalue weighted by Crippen LogP contribution is -2.52. The van der Waals surface area contributed by atoms with Crippen LogP contribution < -0.4 is 10.1 Å². The van der Waals surface area contributed by atoms with Crippen molar-refractivity contribution < 1.29 is 9.53 Å². The normalized spacial score (nSPS) is 15.6. The Bertz CT molecular complexity index is 511. The molecule has 1 saturated heterocycles. The van der Waals surface area contributed by atoms with Crippen molar-refractivity contribution in [2.75, 3.05) is 46.4 Å².